The molecule has 1 heterocycles. The lowest BCUT2D eigenvalue weighted by atomic mass is 10.2. The molecule has 27 heavy (non-hydrogen) atoms. The number of ether oxygens (including phenoxy) is 2. The molecule has 0 bridgehead atoms. The number of nitrogens with zero attached hydrogens (tertiary/aromatic N) is 3. The molecular weight excluding hydrogens is 422 g/mol. The van der Waals surface area contributed by atoms with Crippen LogP contribution in [0.3, 0.4) is 0 Å². The largest absolute Gasteiger partial charge is 0.468 e. The Kier molecular flexibility index (Phi) is 7.05. The van der Waals surface area contributed by atoms with Gasteiger partial charge in [0, 0.05) is 17.4 Å². The maximum Gasteiger partial charge on any atom is 0.325 e. The molecule has 0 atom stereocenters. The standard InChI is InChI=1S/C17H18BrN3O6/c1-26-15(23)8-21(9-16(24)27-2)14(22)5-6-20-10-19-13-4-3-11(18)7-12(13)17(20)25/h3-4,7,10H,5-6,8-9H2,1-2H3. The van der Waals surface area contributed by atoms with Gasteiger partial charge in [0.05, 0.1) is 31.4 Å². The van der Waals surface area contributed by atoms with E-state index in [1.165, 1.54) is 25.1 Å². The molecule has 0 spiro atoms. The molecule has 0 saturated heterocycles. The number of aromatic nitrogens is 2. The predicted octanol–water partition coefficient (Wildman–Crippen LogP) is 0.724. The minimum atomic E-state index is -0.665. The van der Waals surface area contributed by atoms with Crippen LogP contribution in [0.25, 0.3) is 10.9 Å². The molecule has 1 amide bonds. The number of esters is 2. The lowest BCUT2D eigenvalue weighted by Crippen LogP contribution is -2.40. The van der Waals surface area contributed by atoms with Gasteiger partial charge in [-0.3, -0.25) is 23.7 Å². The molecule has 9 nitrogen and oxygen atoms in total. The van der Waals surface area contributed by atoms with E-state index in [1.54, 1.807) is 18.2 Å². The number of carbonyl (C=O) groups excluding carboxylic acids is 3. The van der Waals surface area contributed by atoms with E-state index < -0.39 is 17.8 Å². The Morgan fingerprint density at radius 1 is 1.15 bits per heavy atom. The van der Waals surface area contributed by atoms with Gasteiger partial charge in [-0.05, 0) is 18.2 Å². The van der Waals surface area contributed by atoms with Crippen molar-refractivity contribution < 1.29 is 23.9 Å². The van der Waals surface area contributed by atoms with Gasteiger partial charge in [0.15, 0.2) is 0 Å². The number of amides is 1. The monoisotopic (exact) mass is 439 g/mol. The Morgan fingerprint density at radius 3 is 2.37 bits per heavy atom. The van der Waals surface area contributed by atoms with Gasteiger partial charge in [0.2, 0.25) is 5.91 Å². The van der Waals surface area contributed by atoms with Crippen LogP contribution in [0.1, 0.15) is 6.42 Å². The third kappa shape index (κ3) is 5.36. The first-order valence-electron chi connectivity index (χ1n) is 7.91. The van der Waals surface area contributed by atoms with Crippen LogP contribution < -0.4 is 5.56 Å². The zero-order chi connectivity index (χ0) is 20.0. The molecule has 0 aliphatic heterocycles. The molecule has 2 rings (SSSR count). The van der Waals surface area contributed by atoms with Crippen molar-refractivity contribution in [1.82, 2.24) is 14.5 Å². The molecule has 0 unspecified atom stereocenters. The Balaban J connectivity index is 2.15. The number of carbonyl (C=O) groups is 3. The zero-order valence-electron chi connectivity index (χ0n) is 14.8. The number of halogens is 1. The van der Waals surface area contributed by atoms with E-state index in [4.69, 9.17) is 0 Å². The summed E-state index contributed by atoms with van der Waals surface area (Å²) in [4.78, 5) is 53.1. The topological polar surface area (TPSA) is 108 Å². The highest BCUT2D eigenvalue weighted by atomic mass is 79.9. The van der Waals surface area contributed by atoms with Crippen molar-refractivity contribution in [3.63, 3.8) is 0 Å². The van der Waals surface area contributed by atoms with Gasteiger partial charge in [0.1, 0.15) is 13.1 Å². The number of rotatable bonds is 7. The van der Waals surface area contributed by atoms with Gasteiger partial charge in [0.25, 0.3) is 5.56 Å². The summed E-state index contributed by atoms with van der Waals surface area (Å²) in [6, 6.07) is 5.15. The fraction of sp³-hybridized carbons (Fsp3) is 0.353. The summed E-state index contributed by atoms with van der Waals surface area (Å²) < 4.78 is 11.1. The summed E-state index contributed by atoms with van der Waals surface area (Å²) in [5, 5.41) is 0.417. The maximum absolute atomic E-state index is 12.5. The summed E-state index contributed by atoms with van der Waals surface area (Å²) >= 11 is 3.31. The Bertz CT molecular complexity index is 909. The van der Waals surface area contributed by atoms with E-state index in [9.17, 15) is 19.2 Å². The van der Waals surface area contributed by atoms with Crippen LogP contribution in [-0.4, -0.2) is 59.6 Å². The zero-order valence-corrected chi connectivity index (χ0v) is 16.4. The van der Waals surface area contributed by atoms with Crippen LogP contribution >= 0.6 is 15.9 Å². The minimum absolute atomic E-state index is 0.0476. The average Bonchev–Trinajstić information content (AvgIpc) is 2.66. The van der Waals surface area contributed by atoms with Gasteiger partial charge in [-0.2, -0.15) is 0 Å². The summed E-state index contributed by atoms with van der Waals surface area (Å²) in [5.74, 6) is -1.82. The Morgan fingerprint density at radius 2 is 1.78 bits per heavy atom. The first-order chi connectivity index (χ1) is 12.8. The van der Waals surface area contributed by atoms with E-state index in [2.05, 4.69) is 30.4 Å². The van der Waals surface area contributed by atoms with Crippen molar-refractivity contribution >= 4 is 44.7 Å². The van der Waals surface area contributed by atoms with Crippen molar-refractivity contribution in [2.45, 2.75) is 13.0 Å². The normalized spacial score (nSPS) is 10.5. The van der Waals surface area contributed by atoms with E-state index in [1.807, 2.05) is 0 Å². The van der Waals surface area contributed by atoms with Crippen LogP contribution in [0, 0.1) is 0 Å². The van der Waals surface area contributed by atoms with Crippen LogP contribution in [0.4, 0.5) is 0 Å². The highest BCUT2D eigenvalue weighted by molar-refractivity contribution is 9.10. The van der Waals surface area contributed by atoms with Gasteiger partial charge < -0.3 is 14.4 Å². The van der Waals surface area contributed by atoms with Crippen LogP contribution in [0.5, 0.6) is 0 Å². The van der Waals surface area contributed by atoms with Gasteiger partial charge >= 0.3 is 11.9 Å². The van der Waals surface area contributed by atoms with Gasteiger partial charge in [-0.1, -0.05) is 15.9 Å². The van der Waals surface area contributed by atoms with E-state index >= 15 is 0 Å². The molecule has 0 radical (unpaired) electrons. The third-order valence-corrected chi connectivity index (χ3v) is 4.29. The lowest BCUT2D eigenvalue weighted by Gasteiger charge is -2.20. The number of fused-ring (bicyclic) bond motifs is 1. The van der Waals surface area contributed by atoms with E-state index in [-0.39, 0.29) is 31.6 Å². The fourth-order valence-corrected chi connectivity index (χ4v) is 2.70. The summed E-state index contributed by atoms with van der Waals surface area (Å²) in [5.41, 5.74) is 0.255. The Hall–Kier alpha value is -2.75. The van der Waals surface area contributed by atoms with Crippen LogP contribution in [0.15, 0.2) is 33.8 Å². The van der Waals surface area contributed by atoms with Crippen molar-refractivity contribution in [2.24, 2.45) is 0 Å². The van der Waals surface area contributed by atoms with Gasteiger partial charge in [-0.25, -0.2) is 4.98 Å². The maximum atomic E-state index is 12.5. The fourth-order valence-electron chi connectivity index (χ4n) is 2.34. The van der Waals surface area contributed by atoms with E-state index in [0.717, 1.165) is 9.37 Å². The van der Waals surface area contributed by atoms with Crippen molar-refractivity contribution in [3.05, 3.63) is 39.4 Å². The SMILES string of the molecule is COC(=O)CN(CC(=O)OC)C(=O)CCn1cnc2ccc(Br)cc2c1=O. The third-order valence-electron chi connectivity index (χ3n) is 3.80. The molecule has 1 aromatic carbocycles. The first-order valence-corrected chi connectivity index (χ1v) is 8.71. The summed E-state index contributed by atoms with van der Waals surface area (Å²) in [7, 11) is 2.36. The first kappa shape index (κ1) is 20.6. The van der Waals surface area contributed by atoms with E-state index in [0.29, 0.717) is 10.9 Å². The minimum Gasteiger partial charge on any atom is -0.468 e. The van der Waals surface area contributed by atoms with Gasteiger partial charge in [-0.15, -0.1) is 0 Å². The smallest absolute Gasteiger partial charge is 0.325 e. The molecule has 10 heteroatoms. The Labute approximate surface area is 163 Å². The number of aryl methyl sites for hydroxylation is 1. The molecule has 0 aliphatic carbocycles. The average molecular weight is 440 g/mol. The van der Waals surface area contributed by atoms with Crippen LogP contribution in [-0.2, 0) is 30.4 Å². The van der Waals surface area contributed by atoms with Crippen molar-refractivity contribution in [3.8, 4) is 0 Å². The molecule has 0 fully saturated rings. The summed E-state index contributed by atoms with van der Waals surface area (Å²) in [6.07, 6.45) is 1.26. The molecular formula is C17H18BrN3O6. The highest BCUT2D eigenvalue weighted by Gasteiger charge is 2.21. The summed E-state index contributed by atoms with van der Waals surface area (Å²) in [6.45, 7) is -0.726. The quantitative estimate of drug-likeness (QED) is 0.584. The van der Waals surface area contributed by atoms with Crippen LogP contribution in [0.2, 0.25) is 0 Å². The molecule has 0 N–H and O–H groups in total. The lowest BCUT2D eigenvalue weighted by molar-refractivity contribution is -0.152. The van der Waals surface area contributed by atoms with Crippen molar-refractivity contribution in [1.29, 1.82) is 0 Å². The number of benzene rings is 1. The number of hydrogen-bond acceptors (Lipinski definition) is 7. The molecule has 0 aliphatic rings. The van der Waals surface area contributed by atoms with Crippen molar-refractivity contribution in [2.75, 3.05) is 27.3 Å². The number of hydrogen-bond donors (Lipinski definition) is 0. The molecule has 0 saturated carbocycles. The molecule has 144 valence electrons. The number of methoxy groups -OCH3 is 2. The second-order valence-corrected chi connectivity index (χ2v) is 6.47. The molecule has 1 aromatic heterocycles. The molecule has 2 aromatic rings. The second-order valence-electron chi connectivity index (χ2n) is 5.56. The highest BCUT2D eigenvalue weighted by Crippen LogP contribution is 2.14. The predicted molar refractivity (Wildman–Crippen MR) is 98.9 cm³/mol. The second kappa shape index (κ2) is 9.26.